The van der Waals surface area contributed by atoms with Crippen molar-refractivity contribution in [3.63, 3.8) is 0 Å². The summed E-state index contributed by atoms with van der Waals surface area (Å²) in [5.74, 6) is -1.02. The molecule has 0 bridgehead atoms. The summed E-state index contributed by atoms with van der Waals surface area (Å²) in [6, 6.07) is 17.1. The predicted molar refractivity (Wildman–Crippen MR) is 145 cm³/mol. The van der Waals surface area contributed by atoms with Gasteiger partial charge in [-0.2, -0.15) is 9.40 Å². The zero-order valence-electron chi connectivity index (χ0n) is 21.4. The Labute approximate surface area is 226 Å². The number of Topliss-reactive ketones (excluding diaryl/α,β-unsaturated/α-hetero) is 1. The Balaban J connectivity index is 1.42. The summed E-state index contributed by atoms with van der Waals surface area (Å²) < 4.78 is 44.5. The number of ketones is 1. The van der Waals surface area contributed by atoms with E-state index in [0.29, 0.717) is 12.8 Å². The van der Waals surface area contributed by atoms with Crippen LogP contribution >= 0.6 is 0 Å². The van der Waals surface area contributed by atoms with Crippen molar-refractivity contribution in [3.05, 3.63) is 113 Å². The van der Waals surface area contributed by atoms with Crippen LogP contribution in [0.2, 0.25) is 0 Å². The van der Waals surface area contributed by atoms with Gasteiger partial charge in [-0.25, -0.2) is 17.5 Å². The maximum Gasteiger partial charge on any atom is 0.243 e. The van der Waals surface area contributed by atoms with Crippen LogP contribution in [0.25, 0.3) is 11.8 Å². The number of pyridine rings is 1. The molecule has 1 saturated heterocycles. The molecule has 39 heavy (non-hydrogen) atoms. The van der Waals surface area contributed by atoms with Gasteiger partial charge in [0.25, 0.3) is 0 Å². The highest BCUT2D eigenvalue weighted by atomic mass is 32.2. The van der Waals surface area contributed by atoms with Gasteiger partial charge < -0.3 is 0 Å². The Hall–Kier alpha value is -3.95. The van der Waals surface area contributed by atoms with Crippen LogP contribution in [0.5, 0.6) is 0 Å². The lowest BCUT2D eigenvalue weighted by Crippen LogP contribution is -2.54. The van der Waals surface area contributed by atoms with E-state index >= 15 is 0 Å². The van der Waals surface area contributed by atoms with Crippen LogP contribution in [0.1, 0.15) is 40.7 Å². The number of rotatable bonds is 6. The van der Waals surface area contributed by atoms with Gasteiger partial charge in [0.05, 0.1) is 28.5 Å². The monoisotopic (exact) mass is 542 g/mol. The van der Waals surface area contributed by atoms with E-state index in [1.807, 2.05) is 25.1 Å². The molecular weight excluding hydrogens is 515 g/mol. The van der Waals surface area contributed by atoms with Crippen LogP contribution in [-0.4, -0.2) is 45.9 Å². The lowest BCUT2D eigenvalue weighted by molar-refractivity contribution is 0.0821. The molecule has 7 nitrogen and oxygen atoms in total. The zero-order chi connectivity index (χ0) is 27.1. The fourth-order valence-corrected chi connectivity index (χ4v) is 7.19. The standard InChI is InChI=1S/C30H27FN4O3S/c1-2-20-6-12-25(13-7-20)39(37,38)34-16-14-21-18-28-22(19-33-35(28)24-10-8-23(31)9-11-24)17-26(21)29(34)30(36)27-5-3-4-15-32-27/h3-13,15,18-19,26,29H,2,14,16-17H2,1H3/t26?,29-/m0/s1. The number of benzene rings is 2. The summed E-state index contributed by atoms with van der Waals surface area (Å²) in [6.45, 7) is 2.18. The summed E-state index contributed by atoms with van der Waals surface area (Å²) in [4.78, 5) is 18.4. The Morgan fingerprint density at radius 3 is 2.51 bits per heavy atom. The first-order valence-corrected chi connectivity index (χ1v) is 14.4. The molecule has 4 aromatic rings. The minimum atomic E-state index is -3.96. The van der Waals surface area contributed by atoms with E-state index in [-0.39, 0.29) is 34.7 Å². The molecule has 1 aliphatic heterocycles. The number of nitrogens with zero attached hydrogens (tertiary/aromatic N) is 4. The van der Waals surface area contributed by atoms with Gasteiger partial charge in [0.15, 0.2) is 5.78 Å². The number of carbonyl (C=O) groups excluding carboxylic acids is 1. The van der Waals surface area contributed by atoms with Crippen LogP contribution in [0, 0.1) is 11.7 Å². The highest BCUT2D eigenvalue weighted by molar-refractivity contribution is 7.89. The van der Waals surface area contributed by atoms with Crippen molar-refractivity contribution in [1.29, 1.82) is 0 Å². The molecule has 3 heterocycles. The van der Waals surface area contributed by atoms with E-state index in [1.165, 1.54) is 16.4 Å². The van der Waals surface area contributed by atoms with E-state index in [2.05, 4.69) is 10.1 Å². The number of halogens is 1. The van der Waals surface area contributed by atoms with Crippen molar-refractivity contribution in [2.75, 3.05) is 6.54 Å². The number of piperidine rings is 1. The molecule has 0 saturated carbocycles. The molecule has 198 valence electrons. The topological polar surface area (TPSA) is 85.2 Å². The van der Waals surface area contributed by atoms with E-state index in [4.69, 9.17) is 0 Å². The molecule has 2 atom stereocenters. The van der Waals surface area contributed by atoms with Gasteiger partial charge >= 0.3 is 0 Å². The van der Waals surface area contributed by atoms with Crippen molar-refractivity contribution in [2.24, 2.45) is 5.92 Å². The lowest BCUT2D eigenvalue weighted by atomic mass is 9.76. The molecule has 1 fully saturated rings. The van der Waals surface area contributed by atoms with Crippen LogP contribution in [-0.2, 0) is 22.9 Å². The summed E-state index contributed by atoms with van der Waals surface area (Å²) in [5, 5.41) is 4.54. The molecule has 1 unspecified atom stereocenters. The number of hydrogen-bond acceptors (Lipinski definition) is 5. The fraction of sp³-hybridized carbons (Fsp3) is 0.233. The van der Waals surface area contributed by atoms with E-state index in [9.17, 15) is 17.6 Å². The highest BCUT2D eigenvalue weighted by Gasteiger charge is 2.47. The molecule has 6 rings (SSSR count). The van der Waals surface area contributed by atoms with Gasteiger partial charge in [-0.05, 0) is 85.0 Å². The minimum absolute atomic E-state index is 0.170. The number of fused-ring (bicyclic) bond motifs is 2. The van der Waals surface area contributed by atoms with Gasteiger partial charge in [0.1, 0.15) is 11.5 Å². The van der Waals surface area contributed by atoms with Crippen molar-refractivity contribution < 1.29 is 17.6 Å². The van der Waals surface area contributed by atoms with Crippen molar-refractivity contribution in [1.82, 2.24) is 19.1 Å². The first-order chi connectivity index (χ1) is 18.9. The summed E-state index contributed by atoms with van der Waals surface area (Å²) in [7, 11) is -3.96. The van der Waals surface area contributed by atoms with E-state index < -0.39 is 16.1 Å². The van der Waals surface area contributed by atoms with Crippen LogP contribution in [0.4, 0.5) is 4.39 Å². The van der Waals surface area contributed by atoms with Gasteiger partial charge in [-0.1, -0.05) is 30.7 Å². The van der Waals surface area contributed by atoms with Gasteiger partial charge in [-0.15, -0.1) is 0 Å². The summed E-state index contributed by atoms with van der Waals surface area (Å²) in [6.07, 6.45) is 7.03. The van der Waals surface area contributed by atoms with Gasteiger partial charge in [-0.3, -0.25) is 9.78 Å². The minimum Gasteiger partial charge on any atom is -0.291 e. The molecule has 2 aromatic carbocycles. The number of carbonyl (C=O) groups is 1. The number of aryl methyl sites for hydroxylation is 1. The second-order valence-corrected chi connectivity index (χ2v) is 11.8. The predicted octanol–water partition coefficient (Wildman–Crippen LogP) is 4.87. The molecule has 1 aliphatic carbocycles. The maximum absolute atomic E-state index is 14.0. The van der Waals surface area contributed by atoms with E-state index in [1.54, 1.807) is 59.5 Å². The maximum atomic E-state index is 14.0. The van der Waals surface area contributed by atoms with Gasteiger partial charge in [0.2, 0.25) is 10.0 Å². The molecule has 9 heteroatoms. The quantitative estimate of drug-likeness (QED) is 0.325. The second kappa shape index (κ2) is 9.98. The van der Waals surface area contributed by atoms with Crippen molar-refractivity contribution >= 4 is 21.9 Å². The zero-order valence-corrected chi connectivity index (χ0v) is 22.2. The van der Waals surface area contributed by atoms with Crippen LogP contribution in [0.15, 0.2) is 89.6 Å². The normalized spacial score (nSPS) is 19.2. The van der Waals surface area contributed by atoms with Crippen LogP contribution in [0.3, 0.4) is 0 Å². The first-order valence-electron chi connectivity index (χ1n) is 13.0. The Kier molecular flexibility index (Phi) is 6.48. The molecule has 0 amide bonds. The van der Waals surface area contributed by atoms with E-state index in [0.717, 1.165) is 34.5 Å². The third-order valence-electron chi connectivity index (χ3n) is 7.63. The van der Waals surface area contributed by atoms with Crippen molar-refractivity contribution in [3.8, 4) is 5.69 Å². The van der Waals surface area contributed by atoms with Gasteiger partial charge in [0, 0.05) is 18.7 Å². The first kappa shape index (κ1) is 25.3. The Morgan fingerprint density at radius 1 is 1.05 bits per heavy atom. The van der Waals surface area contributed by atoms with Crippen molar-refractivity contribution in [2.45, 2.75) is 37.1 Å². The van der Waals surface area contributed by atoms with Crippen LogP contribution < -0.4 is 0 Å². The smallest absolute Gasteiger partial charge is 0.243 e. The average Bonchev–Trinajstić information content (AvgIpc) is 3.38. The third kappa shape index (κ3) is 4.51. The lowest BCUT2D eigenvalue weighted by Gasteiger charge is -2.42. The third-order valence-corrected chi connectivity index (χ3v) is 9.53. The number of sulfonamides is 1. The summed E-state index contributed by atoms with van der Waals surface area (Å²) >= 11 is 0. The fourth-order valence-electron chi connectivity index (χ4n) is 5.57. The second-order valence-electron chi connectivity index (χ2n) is 9.86. The Morgan fingerprint density at radius 2 is 1.82 bits per heavy atom. The average molecular weight is 543 g/mol. The molecule has 2 aliphatic rings. The highest BCUT2D eigenvalue weighted by Crippen LogP contribution is 2.41. The molecular formula is C30H27FN4O3S. The largest absolute Gasteiger partial charge is 0.291 e. The molecule has 2 aromatic heterocycles. The molecule has 0 radical (unpaired) electrons. The number of hydrogen-bond donors (Lipinski definition) is 0. The summed E-state index contributed by atoms with van der Waals surface area (Å²) in [5.41, 5.74) is 4.76. The molecule has 0 spiro atoms. The SMILES string of the molecule is CCc1ccc(S(=O)(=O)N2CCC3=Cc4c(cnn4-c4ccc(F)cc4)CC3[C@H]2C(=O)c2ccccn2)cc1. The number of aromatic nitrogens is 3. The molecule has 0 N–H and O–H groups in total. The Bertz CT molecular complexity index is 1660.